The quantitative estimate of drug-likeness (QED) is 0.322. The first-order valence-electron chi connectivity index (χ1n) is 11.6. The van der Waals surface area contributed by atoms with Gasteiger partial charge in [-0.3, -0.25) is 9.59 Å². The topological polar surface area (TPSA) is 88.9 Å². The number of thioether (sulfide) groups is 1. The molecule has 0 aliphatic rings. The largest absolute Gasteiger partial charge is 0.342 e. The Balaban J connectivity index is 1.73. The van der Waals surface area contributed by atoms with Crippen LogP contribution in [0.5, 0.6) is 0 Å². The Bertz CT molecular complexity index is 1200. The van der Waals surface area contributed by atoms with Crippen LogP contribution in [0.4, 0.5) is 5.69 Å². The molecule has 0 saturated carbocycles. The van der Waals surface area contributed by atoms with E-state index >= 15 is 0 Å². The highest BCUT2D eigenvalue weighted by Gasteiger charge is 2.26. The van der Waals surface area contributed by atoms with Crippen LogP contribution >= 0.6 is 27.7 Å². The summed E-state index contributed by atoms with van der Waals surface area (Å²) in [6.45, 7) is 12.6. The molecule has 1 atom stereocenters. The molecular weight excluding hydrogens is 526 g/mol. The Morgan fingerprint density at radius 3 is 2.37 bits per heavy atom. The monoisotopic (exact) mass is 557 g/mol. The van der Waals surface area contributed by atoms with Crippen LogP contribution in [0, 0.1) is 26.7 Å². The SMILES string of the molecule is CCn1c(SCC(=O)Nc2c(C)cc(Br)cc2C)nnc1[C@H](NC(=O)c1cccc(C)c1)C(C)C. The van der Waals surface area contributed by atoms with Crippen LogP contribution < -0.4 is 10.6 Å². The molecule has 0 aliphatic heterocycles. The number of benzene rings is 2. The van der Waals surface area contributed by atoms with Crippen LogP contribution in [-0.2, 0) is 11.3 Å². The van der Waals surface area contributed by atoms with E-state index in [1.54, 1.807) is 6.07 Å². The summed E-state index contributed by atoms with van der Waals surface area (Å²) in [5.74, 6) is 0.735. The maximum absolute atomic E-state index is 12.9. The van der Waals surface area contributed by atoms with E-state index in [4.69, 9.17) is 0 Å². The van der Waals surface area contributed by atoms with Crippen molar-refractivity contribution >= 4 is 45.2 Å². The third-order valence-electron chi connectivity index (χ3n) is 5.67. The van der Waals surface area contributed by atoms with Crippen molar-refractivity contribution in [3.63, 3.8) is 0 Å². The summed E-state index contributed by atoms with van der Waals surface area (Å²) >= 11 is 4.82. The fourth-order valence-corrected chi connectivity index (χ4v) is 5.38. The lowest BCUT2D eigenvalue weighted by Crippen LogP contribution is -2.33. The average molecular weight is 559 g/mol. The molecule has 2 N–H and O–H groups in total. The first kappa shape index (κ1) is 26.9. The van der Waals surface area contributed by atoms with Crippen LogP contribution in [0.1, 0.15) is 59.7 Å². The zero-order chi connectivity index (χ0) is 25.7. The number of aromatic nitrogens is 3. The summed E-state index contributed by atoms with van der Waals surface area (Å²) in [6, 6.07) is 11.2. The second kappa shape index (κ2) is 11.9. The maximum Gasteiger partial charge on any atom is 0.251 e. The number of amides is 2. The van der Waals surface area contributed by atoms with Crippen LogP contribution in [0.3, 0.4) is 0 Å². The maximum atomic E-state index is 12.9. The minimum Gasteiger partial charge on any atom is -0.342 e. The standard InChI is InChI=1S/C26H32BrN5O2S/c1-7-32-24(22(15(2)3)29-25(34)19-10-8-9-16(4)11-19)30-31-26(32)35-14-21(33)28-23-17(5)12-20(27)13-18(23)6/h8-13,15,22H,7,14H2,1-6H3,(H,28,33)(H,29,34)/t22-/m1/s1. The third-order valence-corrected chi connectivity index (χ3v) is 7.09. The molecule has 0 radical (unpaired) electrons. The van der Waals surface area contributed by atoms with Gasteiger partial charge in [-0.15, -0.1) is 10.2 Å². The van der Waals surface area contributed by atoms with Gasteiger partial charge in [0, 0.05) is 22.3 Å². The van der Waals surface area contributed by atoms with Gasteiger partial charge in [0.2, 0.25) is 5.91 Å². The Kier molecular flexibility index (Phi) is 9.13. The molecule has 0 spiro atoms. The lowest BCUT2D eigenvalue weighted by molar-refractivity contribution is -0.113. The Labute approximate surface area is 219 Å². The van der Waals surface area contributed by atoms with Crippen molar-refractivity contribution in [2.45, 2.75) is 59.3 Å². The lowest BCUT2D eigenvalue weighted by atomic mass is 10.0. The molecular formula is C26H32BrN5O2S. The van der Waals surface area contributed by atoms with Gasteiger partial charge < -0.3 is 15.2 Å². The van der Waals surface area contributed by atoms with E-state index in [1.807, 2.05) is 76.4 Å². The minimum absolute atomic E-state index is 0.0998. The van der Waals surface area contributed by atoms with E-state index in [2.05, 4.69) is 36.8 Å². The second-order valence-corrected chi connectivity index (χ2v) is 10.8. The lowest BCUT2D eigenvalue weighted by Gasteiger charge is -2.22. The van der Waals surface area contributed by atoms with Gasteiger partial charge >= 0.3 is 0 Å². The van der Waals surface area contributed by atoms with Gasteiger partial charge in [0.1, 0.15) is 0 Å². The Morgan fingerprint density at radius 2 is 1.77 bits per heavy atom. The average Bonchev–Trinajstić information content (AvgIpc) is 3.20. The highest BCUT2D eigenvalue weighted by atomic mass is 79.9. The molecule has 7 nitrogen and oxygen atoms in total. The van der Waals surface area contributed by atoms with Gasteiger partial charge in [-0.1, -0.05) is 59.2 Å². The summed E-state index contributed by atoms with van der Waals surface area (Å²) in [6.07, 6.45) is 0. The number of nitrogens with zero attached hydrogens (tertiary/aromatic N) is 3. The van der Waals surface area contributed by atoms with Crippen molar-refractivity contribution in [2.24, 2.45) is 5.92 Å². The smallest absolute Gasteiger partial charge is 0.251 e. The van der Waals surface area contributed by atoms with Crippen LogP contribution in [0.15, 0.2) is 46.0 Å². The molecule has 3 aromatic rings. The van der Waals surface area contributed by atoms with E-state index in [0.29, 0.717) is 23.1 Å². The van der Waals surface area contributed by atoms with Gasteiger partial charge in [-0.25, -0.2) is 0 Å². The Morgan fingerprint density at radius 1 is 1.09 bits per heavy atom. The zero-order valence-corrected chi connectivity index (χ0v) is 23.4. The normalized spacial score (nSPS) is 12.0. The minimum atomic E-state index is -0.313. The molecule has 0 fully saturated rings. The number of carbonyl (C=O) groups excluding carboxylic acids is 2. The van der Waals surface area contributed by atoms with Crippen LogP contribution in [-0.4, -0.2) is 32.3 Å². The van der Waals surface area contributed by atoms with Crippen molar-refractivity contribution in [3.8, 4) is 0 Å². The highest BCUT2D eigenvalue weighted by Crippen LogP contribution is 2.27. The highest BCUT2D eigenvalue weighted by molar-refractivity contribution is 9.10. The van der Waals surface area contributed by atoms with Gasteiger partial charge in [0.05, 0.1) is 11.8 Å². The van der Waals surface area contributed by atoms with Crippen molar-refractivity contribution < 1.29 is 9.59 Å². The van der Waals surface area contributed by atoms with Crippen molar-refractivity contribution in [1.29, 1.82) is 0 Å². The molecule has 1 aromatic heterocycles. The summed E-state index contributed by atoms with van der Waals surface area (Å²) in [5.41, 5.74) is 4.47. The number of rotatable bonds is 9. The predicted octanol–water partition coefficient (Wildman–Crippen LogP) is 5.84. The first-order chi connectivity index (χ1) is 16.6. The fourth-order valence-electron chi connectivity index (χ4n) is 3.89. The molecule has 2 aromatic carbocycles. The van der Waals surface area contributed by atoms with Crippen LogP contribution in [0.2, 0.25) is 0 Å². The molecule has 35 heavy (non-hydrogen) atoms. The van der Waals surface area contributed by atoms with Crippen LogP contribution in [0.25, 0.3) is 0 Å². The number of carbonyl (C=O) groups is 2. The van der Waals surface area contributed by atoms with Crippen molar-refractivity contribution in [1.82, 2.24) is 20.1 Å². The fraction of sp³-hybridized carbons (Fsp3) is 0.385. The molecule has 0 bridgehead atoms. The van der Waals surface area contributed by atoms with Gasteiger partial charge in [0.15, 0.2) is 11.0 Å². The van der Waals surface area contributed by atoms with Crippen molar-refractivity contribution in [3.05, 3.63) is 68.9 Å². The molecule has 3 rings (SSSR count). The number of aryl methyl sites for hydroxylation is 3. The number of hydrogen-bond acceptors (Lipinski definition) is 5. The molecule has 0 unspecified atom stereocenters. The zero-order valence-electron chi connectivity index (χ0n) is 21.0. The summed E-state index contributed by atoms with van der Waals surface area (Å²) in [7, 11) is 0. The number of halogens is 1. The first-order valence-corrected chi connectivity index (χ1v) is 13.4. The third kappa shape index (κ3) is 6.73. The molecule has 0 aliphatic carbocycles. The van der Waals surface area contributed by atoms with E-state index < -0.39 is 0 Å². The predicted molar refractivity (Wildman–Crippen MR) is 145 cm³/mol. The van der Waals surface area contributed by atoms with E-state index in [9.17, 15) is 9.59 Å². The van der Waals surface area contributed by atoms with Gasteiger partial charge in [0.25, 0.3) is 5.91 Å². The van der Waals surface area contributed by atoms with E-state index in [0.717, 1.165) is 26.9 Å². The molecule has 1 heterocycles. The number of hydrogen-bond donors (Lipinski definition) is 2. The summed E-state index contributed by atoms with van der Waals surface area (Å²) in [5, 5.41) is 15.6. The number of nitrogens with one attached hydrogen (secondary N) is 2. The molecule has 0 saturated heterocycles. The molecule has 186 valence electrons. The Hall–Kier alpha value is -2.65. The van der Waals surface area contributed by atoms with Crippen molar-refractivity contribution in [2.75, 3.05) is 11.1 Å². The van der Waals surface area contributed by atoms with Gasteiger partial charge in [-0.05, 0) is 69.0 Å². The second-order valence-electron chi connectivity index (χ2n) is 8.90. The van der Waals surface area contributed by atoms with E-state index in [1.165, 1.54) is 11.8 Å². The van der Waals surface area contributed by atoms with Gasteiger partial charge in [-0.2, -0.15) is 0 Å². The molecule has 9 heteroatoms. The summed E-state index contributed by atoms with van der Waals surface area (Å²) < 4.78 is 2.95. The molecule has 2 amide bonds. The number of anilines is 1. The summed E-state index contributed by atoms with van der Waals surface area (Å²) in [4.78, 5) is 25.6. The van der Waals surface area contributed by atoms with E-state index in [-0.39, 0.29) is 29.5 Å².